The third-order valence-electron chi connectivity index (χ3n) is 6.32. The Labute approximate surface area is 158 Å². The Morgan fingerprint density at radius 3 is 2.73 bits per heavy atom. The standard InChI is InChI=1S/C21H34FNO2Si/c1-21(2,3)26(4,5)25-19-9-11-24-20-13-15(6-7-17(19)20)12-16-14-23-10-8-18(16)22/h6-7,13,16,18-19,23H,8-12,14H2,1-5H3. The number of rotatable bonds is 4. The highest BCUT2D eigenvalue weighted by molar-refractivity contribution is 6.74. The summed E-state index contributed by atoms with van der Waals surface area (Å²) in [6, 6.07) is 6.39. The number of hydrogen-bond acceptors (Lipinski definition) is 3. The fourth-order valence-corrected chi connectivity index (χ4v) is 4.89. The van der Waals surface area contributed by atoms with Gasteiger partial charge < -0.3 is 14.5 Å². The molecule has 0 saturated carbocycles. The lowest BCUT2D eigenvalue weighted by molar-refractivity contribution is 0.122. The first-order valence-electron chi connectivity index (χ1n) is 9.95. The lowest BCUT2D eigenvalue weighted by Crippen LogP contribution is -2.42. The SMILES string of the molecule is CC(C)(C)[Si](C)(C)OC1CCOc2cc(CC3CNCCC3F)ccc21. The van der Waals surface area contributed by atoms with Crippen molar-refractivity contribution >= 4 is 8.32 Å². The molecule has 0 bridgehead atoms. The molecule has 1 aromatic carbocycles. The van der Waals surface area contributed by atoms with Crippen LogP contribution in [0.25, 0.3) is 0 Å². The maximum Gasteiger partial charge on any atom is 0.192 e. The average molecular weight is 380 g/mol. The van der Waals surface area contributed by atoms with E-state index in [0.717, 1.165) is 42.8 Å². The minimum absolute atomic E-state index is 0.0599. The molecule has 3 rings (SSSR count). The van der Waals surface area contributed by atoms with Crippen LogP contribution in [0.3, 0.4) is 0 Å². The zero-order valence-corrected chi connectivity index (χ0v) is 17.9. The van der Waals surface area contributed by atoms with Gasteiger partial charge in [0, 0.05) is 24.4 Å². The van der Waals surface area contributed by atoms with E-state index in [0.29, 0.717) is 13.0 Å². The molecule has 0 spiro atoms. The van der Waals surface area contributed by atoms with Crippen LogP contribution in [0.2, 0.25) is 18.1 Å². The van der Waals surface area contributed by atoms with Gasteiger partial charge >= 0.3 is 0 Å². The number of piperidine rings is 1. The van der Waals surface area contributed by atoms with Gasteiger partial charge in [0.25, 0.3) is 0 Å². The summed E-state index contributed by atoms with van der Waals surface area (Å²) < 4.78 is 26.7. The predicted molar refractivity (Wildman–Crippen MR) is 107 cm³/mol. The van der Waals surface area contributed by atoms with Crippen LogP contribution in [-0.2, 0) is 10.8 Å². The first kappa shape index (κ1) is 19.8. The van der Waals surface area contributed by atoms with E-state index in [1.807, 2.05) is 0 Å². The summed E-state index contributed by atoms with van der Waals surface area (Å²) in [5.41, 5.74) is 2.32. The molecule has 3 unspecified atom stereocenters. The first-order chi connectivity index (χ1) is 12.2. The summed E-state index contributed by atoms with van der Waals surface area (Å²) in [6.45, 7) is 13.7. The summed E-state index contributed by atoms with van der Waals surface area (Å²) in [5, 5.41) is 3.50. The third kappa shape index (κ3) is 4.32. The zero-order valence-electron chi connectivity index (χ0n) is 16.9. The van der Waals surface area contributed by atoms with Gasteiger partial charge in [0.2, 0.25) is 0 Å². The highest BCUT2D eigenvalue weighted by Gasteiger charge is 2.40. The van der Waals surface area contributed by atoms with Crippen LogP contribution >= 0.6 is 0 Å². The summed E-state index contributed by atoms with van der Waals surface area (Å²) in [5.74, 6) is 0.987. The molecule has 5 heteroatoms. The van der Waals surface area contributed by atoms with Gasteiger partial charge in [-0.3, -0.25) is 0 Å². The molecule has 1 fully saturated rings. The molecule has 0 aromatic heterocycles. The van der Waals surface area contributed by atoms with Crippen molar-refractivity contribution in [1.82, 2.24) is 5.32 Å². The molecular formula is C21H34FNO2Si. The van der Waals surface area contributed by atoms with Gasteiger partial charge in [-0.05, 0) is 49.1 Å². The number of benzene rings is 1. The molecule has 1 aromatic rings. The van der Waals surface area contributed by atoms with Crippen molar-refractivity contribution in [3.63, 3.8) is 0 Å². The molecule has 2 heterocycles. The van der Waals surface area contributed by atoms with Crippen molar-refractivity contribution in [3.05, 3.63) is 29.3 Å². The number of hydrogen-bond donors (Lipinski definition) is 1. The molecule has 26 heavy (non-hydrogen) atoms. The van der Waals surface area contributed by atoms with E-state index in [2.05, 4.69) is 57.4 Å². The van der Waals surface area contributed by atoms with Gasteiger partial charge in [-0.2, -0.15) is 0 Å². The molecule has 0 amide bonds. The Kier molecular flexibility index (Phi) is 5.80. The van der Waals surface area contributed by atoms with E-state index in [1.54, 1.807) is 0 Å². The van der Waals surface area contributed by atoms with Crippen LogP contribution in [-0.4, -0.2) is 34.2 Å². The minimum atomic E-state index is -1.83. The zero-order chi connectivity index (χ0) is 18.9. The second-order valence-electron chi connectivity index (χ2n) is 9.35. The van der Waals surface area contributed by atoms with Crippen LogP contribution in [0.1, 0.15) is 50.8 Å². The van der Waals surface area contributed by atoms with E-state index < -0.39 is 14.5 Å². The number of halogens is 1. The second kappa shape index (κ2) is 7.61. The molecule has 1 saturated heterocycles. The van der Waals surface area contributed by atoms with Crippen molar-refractivity contribution in [1.29, 1.82) is 0 Å². The molecule has 2 aliphatic heterocycles. The number of nitrogens with one attached hydrogen (secondary N) is 1. The van der Waals surface area contributed by atoms with Crippen molar-refractivity contribution in [2.75, 3.05) is 19.7 Å². The Morgan fingerprint density at radius 2 is 2.04 bits per heavy atom. The Balaban J connectivity index is 1.75. The Morgan fingerprint density at radius 1 is 1.27 bits per heavy atom. The third-order valence-corrected chi connectivity index (χ3v) is 10.8. The van der Waals surface area contributed by atoms with E-state index >= 15 is 0 Å². The fraction of sp³-hybridized carbons (Fsp3) is 0.714. The Hall–Kier alpha value is -0.913. The quantitative estimate of drug-likeness (QED) is 0.745. The topological polar surface area (TPSA) is 30.5 Å². The van der Waals surface area contributed by atoms with E-state index in [-0.39, 0.29) is 17.1 Å². The van der Waals surface area contributed by atoms with E-state index in [9.17, 15) is 4.39 Å². The predicted octanol–water partition coefficient (Wildman–Crippen LogP) is 5.02. The smallest absolute Gasteiger partial charge is 0.192 e. The molecule has 0 radical (unpaired) electrons. The summed E-state index contributed by atoms with van der Waals surface area (Å²) in [4.78, 5) is 0. The van der Waals surface area contributed by atoms with E-state index in [1.165, 1.54) is 0 Å². The van der Waals surface area contributed by atoms with Crippen LogP contribution in [0.5, 0.6) is 5.75 Å². The minimum Gasteiger partial charge on any atom is -0.493 e. The molecule has 2 aliphatic rings. The van der Waals surface area contributed by atoms with Gasteiger partial charge in [0.05, 0.1) is 12.7 Å². The van der Waals surface area contributed by atoms with Crippen molar-refractivity contribution in [2.45, 2.75) is 70.4 Å². The fourth-order valence-electron chi connectivity index (χ4n) is 3.58. The maximum absolute atomic E-state index is 14.1. The molecule has 146 valence electrons. The van der Waals surface area contributed by atoms with Gasteiger partial charge in [0.15, 0.2) is 8.32 Å². The highest BCUT2D eigenvalue weighted by Crippen LogP contribution is 2.43. The van der Waals surface area contributed by atoms with Crippen molar-refractivity contribution in [3.8, 4) is 5.75 Å². The molecular weight excluding hydrogens is 345 g/mol. The number of alkyl halides is 1. The van der Waals surface area contributed by atoms with Crippen LogP contribution in [0, 0.1) is 5.92 Å². The van der Waals surface area contributed by atoms with Gasteiger partial charge in [-0.1, -0.05) is 32.9 Å². The first-order valence-corrected chi connectivity index (χ1v) is 12.9. The van der Waals surface area contributed by atoms with Crippen molar-refractivity contribution < 1.29 is 13.6 Å². The van der Waals surface area contributed by atoms with Gasteiger partial charge in [-0.25, -0.2) is 4.39 Å². The highest BCUT2D eigenvalue weighted by atomic mass is 28.4. The van der Waals surface area contributed by atoms with Gasteiger partial charge in [-0.15, -0.1) is 0 Å². The normalized spacial score (nSPS) is 26.9. The average Bonchev–Trinajstić information content (AvgIpc) is 2.56. The molecule has 1 N–H and O–H groups in total. The summed E-state index contributed by atoms with van der Waals surface area (Å²) in [6.07, 6.45) is 1.69. The van der Waals surface area contributed by atoms with Crippen LogP contribution < -0.4 is 10.1 Å². The largest absolute Gasteiger partial charge is 0.493 e. The van der Waals surface area contributed by atoms with Crippen LogP contribution in [0.4, 0.5) is 4.39 Å². The number of fused-ring (bicyclic) bond motifs is 1. The van der Waals surface area contributed by atoms with Crippen LogP contribution in [0.15, 0.2) is 18.2 Å². The lowest BCUT2D eigenvalue weighted by atomic mass is 9.89. The van der Waals surface area contributed by atoms with E-state index in [4.69, 9.17) is 9.16 Å². The summed E-state index contributed by atoms with van der Waals surface area (Å²) in [7, 11) is -1.83. The molecule has 0 aliphatic carbocycles. The maximum atomic E-state index is 14.1. The molecule has 3 nitrogen and oxygen atoms in total. The Bertz CT molecular complexity index is 629. The lowest BCUT2D eigenvalue weighted by Gasteiger charge is -2.40. The van der Waals surface area contributed by atoms with Gasteiger partial charge in [0.1, 0.15) is 11.9 Å². The molecule has 3 atom stereocenters. The number of ether oxygens (including phenoxy) is 1. The summed E-state index contributed by atoms with van der Waals surface area (Å²) >= 11 is 0. The second-order valence-corrected chi connectivity index (χ2v) is 14.1. The van der Waals surface area contributed by atoms with Crippen molar-refractivity contribution in [2.24, 2.45) is 5.92 Å². The monoisotopic (exact) mass is 379 g/mol.